The van der Waals surface area contributed by atoms with E-state index in [0.29, 0.717) is 12.5 Å². The van der Waals surface area contributed by atoms with Gasteiger partial charge in [-0.25, -0.2) is 10.4 Å². The number of hydrogen-bond acceptors (Lipinski definition) is 5. The van der Waals surface area contributed by atoms with Crippen LogP contribution in [0.25, 0.3) is 0 Å². The lowest BCUT2D eigenvalue weighted by Gasteiger charge is -2.31. The molecule has 5 rings (SSSR count). The number of anilines is 4. The fraction of sp³-hybridized carbons (Fsp3) is 0.161. The Kier molecular flexibility index (Phi) is 6.54. The Morgan fingerprint density at radius 2 is 0.833 bits per heavy atom. The third-order valence-electron chi connectivity index (χ3n) is 6.29. The Morgan fingerprint density at radius 3 is 1.14 bits per heavy atom. The van der Waals surface area contributed by atoms with Crippen molar-refractivity contribution in [1.29, 1.82) is 0 Å². The minimum absolute atomic E-state index is 0.443. The third-order valence-corrected chi connectivity index (χ3v) is 6.29. The lowest BCUT2D eigenvalue weighted by atomic mass is 10.1. The number of aryl methyl sites for hydroxylation is 4. The van der Waals surface area contributed by atoms with Crippen molar-refractivity contribution in [3.63, 3.8) is 0 Å². The molecular weight excluding hydrogens is 442 g/mol. The first-order valence-corrected chi connectivity index (χ1v) is 12.2. The highest BCUT2D eigenvalue weighted by Crippen LogP contribution is 2.29. The van der Waals surface area contributed by atoms with Gasteiger partial charge in [-0.15, -0.1) is 0 Å². The van der Waals surface area contributed by atoms with Gasteiger partial charge in [-0.2, -0.15) is 5.10 Å². The lowest BCUT2D eigenvalue weighted by molar-refractivity contribution is 0.926. The monoisotopic (exact) mass is 473 g/mol. The number of nitrogens with zero attached hydrogens (tertiary/aromatic N) is 4. The van der Waals surface area contributed by atoms with Crippen molar-refractivity contribution in [3.8, 4) is 0 Å². The Morgan fingerprint density at radius 1 is 0.500 bits per heavy atom. The molecule has 0 aliphatic carbocycles. The summed E-state index contributed by atoms with van der Waals surface area (Å²) >= 11 is 0. The average molecular weight is 474 g/mol. The SMILES string of the molecule is Cc1ccc(N(C2=NNC(N(c3ccc(C)cc3)c3ccc(C)cc3)=NC2)c2ccc(C)cc2)cc1. The van der Waals surface area contributed by atoms with Gasteiger partial charge in [-0.05, 0) is 76.2 Å². The number of rotatable bonds is 4. The van der Waals surface area contributed by atoms with Crippen LogP contribution in [0.1, 0.15) is 22.3 Å². The van der Waals surface area contributed by atoms with Crippen LogP contribution >= 0.6 is 0 Å². The summed E-state index contributed by atoms with van der Waals surface area (Å²) in [6, 6.07) is 33.9. The number of nitrogens with one attached hydrogen (secondary N) is 1. The summed E-state index contributed by atoms with van der Waals surface area (Å²) in [6.07, 6.45) is 0. The molecule has 0 radical (unpaired) electrons. The van der Waals surface area contributed by atoms with Crippen molar-refractivity contribution in [2.75, 3.05) is 16.3 Å². The minimum Gasteiger partial charge on any atom is -0.295 e. The highest BCUT2D eigenvalue weighted by molar-refractivity contribution is 6.10. The maximum Gasteiger partial charge on any atom is 0.224 e. The van der Waals surface area contributed by atoms with Crippen molar-refractivity contribution in [3.05, 3.63) is 119 Å². The molecule has 0 spiro atoms. The van der Waals surface area contributed by atoms with E-state index in [1.807, 2.05) is 0 Å². The molecule has 0 amide bonds. The normalized spacial score (nSPS) is 12.9. The number of amidine groups is 1. The first-order valence-electron chi connectivity index (χ1n) is 12.2. The molecular formula is C31H31N5. The van der Waals surface area contributed by atoms with E-state index >= 15 is 0 Å². The maximum absolute atomic E-state index is 4.97. The molecule has 1 aliphatic heterocycles. The van der Waals surface area contributed by atoms with E-state index in [1.54, 1.807) is 0 Å². The van der Waals surface area contributed by atoms with Gasteiger partial charge in [-0.3, -0.25) is 9.80 Å². The number of benzene rings is 4. The van der Waals surface area contributed by atoms with Crippen LogP contribution < -0.4 is 15.2 Å². The fourth-order valence-electron chi connectivity index (χ4n) is 4.19. The van der Waals surface area contributed by atoms with E-state index in [2.05, 4.69) is 140 Å². The van der Waals surface area contributed by atoms with Crippen molar-refractivity contribution in [1.82, 2.24) is 5.43 Å². The van der Waals surface area contributed by atoms with Gasteiger partial charge in [0.2, 0.25) is 5.96 Å². The molecule has 0 fully saturated rings. The standard InChI is InChI=1S/C31H31N5/c1-22-5-13-26(14-6-22)35(27-15-7-23(2)8-16-27)30-21-32-31(34-33-30)36(28-17-9-24(3)10-18-28)29-19-11-25(4)12-20-29/h5-20H,21H2,1-4H3,(H,32,34). The van der Waals surface area contributed by atoms with Crippen LogP contribution in [0.5, 0.6) is 0 Å². The second kappa shape index (κ2) is 10.1. The van der Waals surface area contributed by atoms with Crippen LogP contribution in [0.2, 0.25) is 0 Å². The smallest absolute Gasteiger partial charge is 0.224 e. The summed E-state index contributed by atoms with van der Waals surface area (Å²) in [5, 5.41) is 4.84. The van der Waals surface area contributed by atoms with Crippen molar-refractivity contribution >= 4 is 34.5 Å². The van der Waals surface area contributed by atoms with Gasteiger partial charge in [0.15, 0.2) is 5.84 Å². The second-order valence-corrected chi connectivity index (χ2v) is 9.29. The number of guanidine groups is 1. The van der Waals surface area contributed by atoms with E-state index in [4.69, 9.17) is 10.1 Å². The molecule has 0 saturated heterocycles. The maximum atomic E-state index is 4.97. The predicted molar refractivity (Wildman–Crippen MR) is 152 cm³/mol. The molecule has 1 aliphatic rings. The molecule has 1 heterocycles. The van der Waals surface area contributed by atoms with Gasteiger partial charge < -0.3 is 0 Å². The molecule has 0 saturated carbocycles. The Bertz CT molecular complexity index is 1180. The molecule has 5 heteroatoms. The fourth-order valence-corrected chi connectivity index (χ4v) is 4.19. The van der Waals surface area contributed by atoms with Crippen molar-refractivity contribution in [2.45, 2.75) is 27.7 Å². The van der Waals surface area contributed by atoms with Crippen molar-refractivity contribution in [2.24, 2.45) is 10.1 Å². The van der Waals surface area contributed by atoms with Gasteiger partial charge in [0, 0.05) is 22.7 Å². The summed E-state index contributed by atoms with van der Waals surface area (Å²) in [7, 11) is 0. The zero-order valence-electron chi connectivity index (χ0n) is 21.2. The van der Waals surface area contributed by atoms with E-state index < -0.39 is 0 Å². The molecule has 0 bridgehead atoms. The van der Waals surface area contributed by atoms with Crippen LogP contribution in [-0.4, -0.2) is 18.3 Å². The van der Waals surface area contributed by atoms with Gasteiger partial charge in [0.25, 0.3) is 0 Å². The van der Waals surface area contributed by atoms with Crippen LogP contribution in [0.4, 0.5) is 22.7 Å². The first kappa shape index (κ1) is 23.4. The van der Waals surface area contributed by atoms with E-state index in [9.17, 15) is 0 Å². The number of hydrogen-bond donors (Lipinski definition) is 1. The first-order chi connectivity index (χ1) is 17.5. The van der Waals surface area contributed by atoms with Crippen molar-refractivity contribution < 1.29 is 0 Å². The van der Waals surface area contributed by atoms with Crippen LogP contribution in [0.15, 0.2) is 107 Å². The minimum atomic E-state index is 0.443. The van der Waals surface area contributed by atoms with Gasteiger partial charge in [-0.1, -0.05) is 70.8 Å². The van der Waals surface area contributed by atoms with Crippen LogP contribution in [0, 0.1) is 27.7 Å². The second-order valence-electron chi connectivity index (χ2n) is 9.29. The van der Waals surface area contributed by atoms with Crippen LogP contribution in [-0.2, 0) is 0 Å². The highest BCUT2D eigenvalue weighted by atomic mass is 15.5. The van der Waals surface area contributed by atoms with Gasteiger partial charge in [0.1, 0.15) is 6.54 Å². The molecule has 0 unspecified atom stereocenters. The summed E-state index contributed by atoms with van der Waals surface area (Å²) in [4.78, 5) is 9.25. The van der Waals surface area contributed by atoms with E-state index in [-0.39, 0.29) is 0 Å². The van der Waals surface area contributed by atoms with Gasteiger partial charge in [0.05, 0.1) is 0 Å². The molecule has 1 N–H and O–H groups in total. The summed E-state index contributed by atoms with van der Waals surface area (Å²) in [6.45, 7) is 8.83. The van der Waals surface area contributed by atoms with E-state index in [1.165, 1.54) is 22.3 Å². The zero-order valence-corrected chi connectivity index (χ0v) is 21.2. The number of hydrazone groups is 1. The molecule has 36 heavy (non-hydrogen) atoms. The Labute approximate surface area is 213 Å². The summed E-state index contributed by atoms with van der Waals surface area (Å²) in [5.74, 6) is 1.53. The summed E-state index contributed by atoms with van der Waals surface area (Å²) < 4.78 is 0. The number of aliphatic imine (C=N–C) groups is 1. The topological polar surface area (TPSA) is 43.2 Å². The Balaban J connectivity index is 1.49. The lowest BCUT2D eigenvalue weighted by Crippen LogP contribution is -2.43. The van der Waals surface area contributed by atoms with Crippen LogP contribution in [0.3, 0.4) is 0 Å². The molecule has 5 nitrogen and oxygen atoms in total. The Hall–Kier alpha value is -4.38. The summed E-state index contributed by atoms with van der Waals surface area (Å²) in [5.41, 5.74) is 12.3. The molecule has 180 valence electrons. The van der Waals surface area contributed by atoms with E-state index in [0.717, 1.165) is 28.6 Å². The highest BCUT2D eigenvalue weighted by Gasteiger charge is 2.23. The molecule has 4 aromatic rings. The zero-order chi connectivity index (χ0) is 25.1. The molecule has 0 atom stereocenters. The third kappa shape index (κ3) is 5.01. The molecule has 4 aromatic carbocycles. The predicted octanol–water partition coefficient (Wildman–Crippen LogP) is 7.17. The largest absolute Gasteiger partial charge is 0.295 e. The molecule has 0 aromatic heterocycles. The quantitative estimate of drug-likeness (QED) is 0.342. The average Bonchev–Trinajstić information content (AvgIpc) is 2.90. The van der Waals surface area contributed by atoms with Gasteiger partial charge >= 0.3 is 0 Å².